The molecule has 0 bridgehead atoms. The number of hydrogen-bond acceptors (Lipinski definition) is 3. The van der Waals surface area contributed by atoms with E-state index >= 15 is 0 Å². The molecule has 0 amide bonds. The van der Waals surface area contributed by atoms with E-state index in [1.165, 1.54) is 0 Å². The zero-order valence-electron chi connectivity index (χ0n) is 9.50. The van der Waals surface area contributed by atoms with Crippen molar-refractivity contribution in [3.05, 3.63) is 41.5 Å². The average Bonchev–Trinajstić information content (AvgIpc) is 2.26. The summed E-state index contributed by atoms with van der Waals surface area (Å²) < 4.78 is 5.51. The van der Waals surface area contributed by atoms with E-state index < -0.39 is 0 Å². The van der Waals surface area contributed by atoms with Gasteiger partial charge in [0.2, 0.25) is 0 Å². The van der Waals surface area contributed by atoms with Crippen LogP contribution in [0.5, 0.6) is 5.75 Å². The molecule has 0 atom stereocenters. The number of hydroxylamine groups is 1. The van der Waals surface area contributed by atoms with Crippen LogP contribution in [0.4, 0.5) is 0 Å². The lowest BCUT2D eigenvalue weighted by atomic mass is 10.1. The lowest BCUT2D eigenvalue weighted by Gasteiger charge is -2.13. The van der Waals surface area contributed by atoms with Crippen LogP contribution in [0, 0.1) is 19.3 Å². The summed E-state index contributed by atoms with van der Waals surface area (Å²) in [6, 6.07) is 3.58. The SMILES string of the molecule is C=CCOc1c(C)cc(C(=N)NO)cc1C. The predicted octanol–water partition coefficient (Wildman–Crippen LogP) is 2.17. The maximum absolute atomic E-state index is 8.66. The van der Waals surface area contributed by atoms with E-state index in [0.29, 0.717) is 12.2 Å². The van der Waals surface area contributed by atoms with Gasteiger partial charge in [-0.1, -0.05) is 12.7 Å². The minimum Gasteiger partial charge on any atom is -0.489 e. The molecule has 1 aromatic carbocycles. The molecule has 0 radical (unpaired) electrons. The highest BCUT2D eigenvalue weighted by molar-refractivity contribution is 5.96. The Labute approximate surface area is 95.0 Å². The molecule has 0 aromatic heterocycles. The Kier molecular flexibility index (Phi) is 4.08. The van der Waals surface area contributed by atoms with Gasteiger partial charge in [-0.05, 0) is 37.1 Å². The van der Waals surface area contributed by atoms with Crippen LogP contribution in [0.25, 0.3) is 0 Å². The molecule has 0 saturated heterocycles. The lowest BCUT2D eigenvalue weighted by molar-refractivity contribution is 0.234. The van der Waals surface area contributed by atoms with Crippen LogP contribution < -0.4 is 10.2 Å². The van der Waals surface area contributed by atoms with E-state index in [1.807, 2.05) is 19.3 Å². The summed E-state index contributed by atoms with van der Waals surface area (Å²) in [5, 5.41) is 16.1. The molecule has 0 spiro atoms. The molecule has 0 saturated carbocycles. The van der Waals surface area contributed by atoms with Crippen LogP contribution in [0.15, 0.2) is 24.8 Å². The van der Waals surface area contributed by atoms with E-state index in [9.17, 15) is 0 Å². The second kappa shape index (κ2) is 5.32. The van der Waals surface area contributed by atoms with Gasteiger partial charge in [-0.25, -0.2) is 0 Å². The number of rotatable bonds is 4. The summed E-state index contributed by atoms with van der Waals surface area (Å²) >= 11 is 0. The van der Waals surface area contributed by atoms with Gasteiger partial charge in [-0.15, -0.1) is 0 Å². The van der Waals surface area contributed by atoms with Crippen LogP contribution in [0.1, 0.15) is 16.7 Å². The second-order valence-electron chi connectivity index (χ2n) is 3.53. The fourth-order valence-corrected chi connectivity index (χ4v) is 1.53. The van der Waals surface area contributed by atoms with Crippen LogP contribution in [0.2, 0.25) is 0 Å². The van der Waals surface area contributed by atoms with Crippen molar-refractivity contribution in [2.24, 2.45) is 0 Å². The molecule has 0 aliphatic carbocycles. The topological polar surface area (TPSA) is 65.3 Å². The van der Waals surface area contributed by atoms with Crippen LogP contribution >= 0.6 is 0 Å². The van der Waals surface area contributed by atoms with Gasteiger partial charge in [-0.2, -0.15) is 0 Å². The van der Waals surface area contributed by atoms with Gasteiger partial charge in [0.1, 0.15) is 18.2 Å². The summed E-state index contributed by atoms with van der Waals surface area (Å²) in [5.41, 5.74) is 4.31. The Morgan fingerprint density at radius 1 is 1.50 bits per heavy atom. The smallest absolute Gasteiger partial charge is 0.149 e. The zero-order chi connectivity index (χ0) is 12.1. The fraction of sp³-hybridized carbons (Fsp3) is 0.250. The van der Waals surface area contributed by atoms with E-state index in [2.05, 4.69) is 6.58 Å². The molecule has 3 N–H and O–H groups in total. The van der Waals surface area contributed by atoms with Crippen LogP contribution in [-0.2, 0) is 0 Å². The molecule has 0 unspecified atom stereocenters. The molecule has 16 heavy (non-hydrogen) atoms. The summed E-state index contributed by atoms with van der Waals surface area (Å²) in [5.74, 6) is 0.774. The van der Waals surface area contributed by atoms with Gasteiger partial charge in [0.25, 0.3) is 0 Å². The zero-order valence-corrected chi connectivity index (χ0v) is 9.50. The van der Waals surface area contributed by atoms with Crippen LogP contribution in [0.3, 0.4) is 0 Å². The highest BCUT2D eigenvalue weighted by Gasteiger charge is 2.08. The maximum atomic E-state index is 8.66. The monoisotopic (exact) mass is 220 g/mol. The Balaban J connectivity index is 3.06. The van der Waals surface area contributed by atoms with Gasteiger partial charge >= 0.3 is 0 Å². The highest BCUT2D eigenvalue weighted by Crippen LogP contribution is 2.24. The predicted molar refractivity (Wildman–Crippen MR) is 63.4 cm³/mol. The largest absolute Gasteiger partial charge is 0.489 e. The number of amidine groups is 1. The molecule has 0 aliphatic rings. The van der Waals surface area contributed by atoms with Gasteiger partial charge < -0.3 is 4.74 Å². The van der Waals surface area contributed by atoms with Crippen molar-refractivity contribution in [1.29, 1.82) is 5.41 Å². The van der Waals surface area contributed by atoms with Gasteiger partial charge in [0, 0.05) is 5.56 Å². The number of benzene rings is 1. The number of aryl methyl sites for hydroxylation is 2. The van der Waals surface area contributed by atoms with Crippen LogP contribution in [-0.4, -0.2) is 17.6 Å². The molecule has 4 nitrogen and oxygen atoms in total. The molecule has 0 aliphatic heterocycles. The third-order valence-corrected chi connectivity index (χ3v) is 2.21. The molecular weight excluding hydrogens is 204 g/mol. The minimum absolute atomic E-state index is 0.0264. The second-order valence-corrected chi connectivity index (χ2v) is 3.53. The van der Waals surface area contributed by atoms with Crippen molar-refractivity contribution in [3.63, 3.8) is 0 Å². The quantitative estimate of drug-likeness (QED) is 0.315. The minimum atomic E-state index is -0.0264. The van der Waals surface area contributed by atoms with Gasteiger partial charge in [0.15, 0.2) is 0 Å². The first kappa shape index (κ1) is 12.3. The summed E-state index contributed by atoms with van der Waals surface area (Å²) in [4.78, 5) is 0. The Hall–Kier alpha value is -1.81. The Bertz CT molecular complexity index is 390. The third-order valence-electron chi connectivity index (χ3n) is 2.21. The van der Waals surface area contributed by atoms with E-state index in [-0.39, 0.29) is 5.84 Å². The molecule has 1 rings (SSSR count). The third kappa shape index (κ3) is 2.61. The van der Waals surface area contributed by atoms with Crippen molar-refractivity contribution in [2.75, 3.05) is 6.61 Å². The first-order valence-electron chi connectivity index (χ1n) is 4.94. The highest BCUT2D eigenvalue weighted by atomic mass is 16.5. The van der Waals surface area contributed by atoms with Crippen molar-refractivity contribution in [2.45, 2.75) is 13.8 Å². The molecular formula is C12H16N2O2. The summed E-state index contributed by atoms with van der Waals surface area (Å²) in [7, 11) is 0. The molecule has 0 fully saturated rings. The molecule has 0 heterocycles. The number of hydrogen-bond donors (Lipinski definition) is 3. The first-order chi connectivity index (χ1) is 7.60. The maximum Gasteiger partial charge on any atom is 0.149 e. The van der Waals surface area contributed by atoms with Crippen molar-refractivity contribution < 1.29 is 9.94 Å². The average molecular weight is 220 g/mol. The first-order valence-corrected chi connectivity index (χ1v) is 4.94. The van der Waals surface area contributed by atoms with Gasteiger partial charge in [-0.3, -0.25) is 16.1 Å². The summed E-state index contributed by atoms with van der Waals surface area (Å²) in [6.07, 6.45) is 1.68. The van der Waals surface area contributed by atoms with Gasteiger partial charge in [0.05, 0.1) is 0 Å². The Morgan fingerprint density at radius 3 is 2.50 bits per heavy atom. The number of ether oxygens (including phenoxy) is 1. The molecule has 4 heteroatoms. The van der Waals surface area contributed by atoms with Crippen molar-refractivity contribution in [3.8, 4) is 5.75 Å². The molecule has 86 valence electrons. The van der Waals surface area contributed by atoms with E-state index in [1.54, 1.807) is 18.2 Å². The normalized spacial score (nSPS) is 9.69. The van der Waals surface area contributed by atoms with Crippen molar-refractivity contribution in [1.82, 2.24) is 5.48 Å². The summed E-state index contributed by atoms with van der Waals surface area (Å²) in [6.45, 7) is 7.85. The lowest BCUT2D eigenvalue weighted by Crippen LogP contribution is -2.19. The Morgan fingerprint density at radius 2 is 2.06 bits per heavy atom. The standard InChI is InChI=1S/C12H16N2O2/c1-4-5-16-11-8(2)6-10(7-9(11)3)12(13)14-15/h4,6-7,15H,1,5H2,2-3H3,(H2,13,14). The fourth-order valence-electron chi connectivity index (χ4n) is 1.53. The van der Waals surface area contributed by atoms with E-state index in [4.69, 9.17) is 15.4 Å². The number of nitrogens with one attached hydrogen (secondary N) is 2. The van der Waals surface area contributed by atoms with E-state index in [0.717, 1.165) is 16.9 Å². The van der Waals surface area contributed by atoms with Crippen molar-refractivity contribution >= 4 is 5.84 Å². The molecule has 1 aromatic rings.